The van der Waals surface area contributed by atoms with E-state index in [4.69, 9.17) is 9.05 Å². The van der Waals surface area contributed by atoms with Crippen LogP contribution in [-0.4, -0.2) is 73.4 Å². The first-order chi connectivity index (χ1) is 44.5. The van der Waals surface area contributed by atoms with E-state index in [1.807, 2.05) is 27.2 Å². The average Bonchev–Trinajstić information content (AvgIpc) is 3.59. The van der Waals surface area contributed by atoms with E-state index in [-0.39, 0.29) is 19.1 Å². The molecule has 0 fully saturated rings. The van der Waals surface area contributed by atoms with Crippen molar-refractivity contribution in [2.45, 2.75) is 443 Å². The Morgan fingerprint density at radius 1 is 0.374 bits per heavy atom. The zero-order chi connectivity index (χ0) is 66.2. The fourth-order valence-corrected chi connectivity index (χ4v) is 13.5. The topological polar surface area (TPSA) is 105 Å². The third-order valence-electron chi connectivity index (χ3n) is 19.1. The van der Waals surface area contributed by atoms with Gasteiger partial charge in [0.2, 0.25) is 5.91 Å². The minimum absolute atomic E-state index is 0.0645. The van der Waals surface area contributed by atoms with Crippen molar-refractivity contribution in [3.63, 3.8) is 0 Å². The predicted molar refractivity (Wildman–Crippen MR) is 401 cm³/mol. The van der Waals surface area contributed by atoms with Gasteiger partial charge in [0, 0.05) is 6.42 Å². The zero-order valence-corrected chi connectivity index (χ0v) is 63.0. The lowest BCUT2D eigenvalue weighted by Crippen LogP contribution is -2.45. The number of quaternary nitrogens is 1. The summed E-state index contributed by atoms with van der Waals surface area (Å²) in [7, 11) is 1.60. The first-order valence-electron chi connectivity index (χ1n) is 40.9. The Bertz CT molecular complexity index is 1580. The van der Waals surface area contributed by atoms with Gasteiger partial charge in [-0.15, -0.1) is 0 Å². The highest BCUT2D eigenvalue weighted by molar-refractivity contribution is 7.47. The van der Waals surface area contributed by atoms with Gasteiger partial charge in [-0.3, -0.25) is 13.8 Å². The molecule has 0 aromatic carbocycles. The molecular formula is C82H162N2O6P+. The van der Waals surface area contributed by atoms with Gasteiger partial charge in [-0.2, -0.15) is 0 Å². The van der Waals surface area contributed by atoms with Gasteiger partial charge >= 0.3 is 7.82 Å². The highest BCUT2D eigenvalue weighted by atomic mass is 31.2. The number of aliphatic hydroxyl groups is 1. The number of carbonyl (C=O) groups is 1. The molecule has 3 N–H and O–H groups in total. The average molecular weight is 1300 g/mol. The van der Waals surface area contributed by atoms with Crippen molar-refractivity contribution in [1.29, 1.82) is 0 Å². The summed E-state index contributed by atoms with van der Waals surface area (Å²) in [6, 6.07) is -0.846. The molecule has 0 aliphatic carbocycles. The number of nitrogens with one attached hydrogen (secondary N) is 1. The van der Waals surface area contributed by atoms with Crippen molar-refractivity contribution in [3.05, 3.63) is 36.5 Å². The van der Waals surface area contributed by atoms with E-state index in [0.29, 0.717) is 17.4 Å². The number of carbonyl (C=O) groups excluding carboxylic acids is 1. The molecule has 0 saturated carbocycles. The maximum Gasteiger partial charge on any atom is 0.472 e. The van der Waals surface area contributed by atoms with Crippen LogP contribution in [0.5, 0.6) is 0 Å². The van der Waals surface area contributed by atoms with Crippen LogP contribution in [0.1, 0.15) is 431 Å². The van der Waals surface area contributed by atoms with Crippen LogP contribution < -0.4 is 5.32 Å². The van der Waals surface area contributed by atoms with Crippen LogP contribution in [0.25, 0.3) is 0 Å². The van der Waals surface area contributed by atoms with Gasteiger partial charge in [0.1, 0.15) is 13.2 Å². The molecule has 91 heavy (non-hydrogen) atoms. The molecule has 0 aromatic heterocycles. The molecule has 1 amide bonds. The van der Waals surface area contributed by atoms with E-state index < -0.39 is 20.0 Å². The summed E-state index contributed by atoms with van der Waals surface area (Å²) in [5, 5.41) is 14.1. The summed E-state index contributed by atoms with van der Waals surface area (Å²) in [4.78, 5) is 23.5. The molecule has 0 aliphatic heterocycles. The summed E-state index contributed by atoms with van der Waals surface area (Å²) in [5.41, 5.74) is 0. The van der Waals surface area contributed by atoms with Crippen molar-refractivity contribution in [1.82, 2.24) is 5.32 Å². The summed E-state index contributed by atoms with van der Waals surface area (Å²) < 4.78 is 23.9. The highest BCUT2D eigenvalue weighted by Crippen LogP contribution is 2.43. The Labute approximate surface area is 569 Å². The zero-order valence-electron chi connectivity index (χ0n) is 62.1. The van der Waals surface area contributed by atoms with Gasteiger partial charge in [-0.05, 0) is 51.4 Å². The minimum atomic E-state index is -4.36. The Kier molecular flexibility index (Phi) is 72.0. The van der Waals surface area contributed by atoms with Gasteiger partial charge in [0.05, 0.1) is 39.9 Å². The molecule has 540 valence electrons. The standard InChI is InChI=1S/C82H161N2O6P/c1-6-8-10-12-14-16-18-20-22-24-26-28-30-32-34-36-37-38-39-40-41-42-43-44-45-46-47-48-50-52-54-56-58-60-62-64-66-68-70-72-74-76-82(86)83-80(79-90-91(87,88)89-78-77-84(3,4)5)81(85)75-73-71-69-67-65-63-61-59-57-55-53-51-49-35-33-31-29-27-25-23-21-19-17-15-13-11-9-7-2/h18,20,24,26,73,75,80-81,85H,6-17,19,21-23,25,27-72,74,76-79H2,1-5H3,(H-,83,86,87,88)/p+1/b20-18-,26-24-,75-73+. The van der Waals surface area contributed by atoms with Crippen molar-refractivity contribution in [3.8, 4) is 0 Å². The molecule has 0 saturated heterocycles. The normalized spacial score (nSPS) is 13.6. The molecule has 9 heteroatoms. The Morgan fingerprint density at radius 3 is 0.901 bits per heavy atom. The van der Waals surface area contributed by atoms with Crippen LogP contribution >= 0.6 is 7.82 Å². The molecule has 0 rings (SSSR count). The monoisotopic (exact) mass is 1300 g/mol. The minimum Gasteiger partial charge on any atom is -0.387 e. The lowest BCUT2D eigenvalue weighted by Gasteiger charge is -2.25. The van der Waals surface area contributed by atoms with E-state index in [1.165, 1.54) is 372 Å². The number of hydrogen-bond acceptors (Lipinski definition) is 5. The van der Waals surface area contributed by atoms with Crippen LogP contribution in [-0.2, 0) is 18.4 Å². The van der Waals surface area contributed by atoms with Gasteiger partial charge in [-0.1, -0.05) is 410 Å². The van der Waals surface area contributed by atoms with Gasteiger partial charge in [0.15, 0.2) is 0 Å². The van der Waals surface area contributed by atoms with Gasteiger partial charge in [-0.25, -0.2) is 4.57 Å². The van der Waals surface area contributed by atoms with E-state index in [1.54, 1.807) is 6.08 Å². The quantitative estimate of drug-likeness (QED) is 0.0243. The van der Waals surface area contributed by atoms with Crippen LogP contribution in [0, 0.1) is 0 Å². The van der Waals surface area contributed by atoms with E-state index in [9.17, 15) is 19.4 Å². The van der Waals surface area contributed by atoms with Crippen molar-refractivity contribution >= 4 is 13.7 Å². The third kappa shape index (κ3) is 76.0. The van der Waals surface area contributed by atoms with Crippen LogP contribution in [0.15, 0.2) is 36.5 Å². The summed E-state index contributed by atoms with van der Waals surface area (Å²) in [5.74, 6) is -0.167. The number of hydrogen-bond donors (Lipinski definition) is 3. The SMILES string of the molecule is CCCCCCC/C=C\C/C=C\CCCCCCCCCCCCCCCCCCCCCCCCCCCCCCCC(=O)NC(COP(=O)(O)OCC[N+](C)(C)C)C(O)/C=C/CCCCCCCCCCCCCCCCCCCCCCCCCCCC. The molecule has 0 radical (unpaired) electrons. The summed E-state index contributed by atoms with van der Waals surface area (Å²) >= 11 is 0. The lowest BCUT2D eigenvalue weighted by molar-refractivity contribution is -0.870. The lowest BCUT2D eigenvalue weighted by atomic mass is 10.0. The number of rotatable bonds is 77. The number of nitrogens with zero attached hydrogens (tertiary/aromatic N) is 1. The van der Waals surface area contributed by atoms with Crippen molar-refractivity contribution < 1.29 is 32.9 Å². The second-order valence-corrected chi connectivity index (χ2v) is 31.0. The molecule has 0 heterocycles. The number of aliphatic hydroxyl groups excluding tert-OH is 1. The van der Waals surface area contributed by atoms with Gasteiger partial charge < -0.3 is 19.8 Å². The smallest absolute Gasteiger partial charge is 0.387 e. The fourth-order valence-electron chi connectivity index (χ4n) is 12.8. The number of phosphoric acid groups is 1. The first-order valence-corrected chi connectivity index (χ1v) is 42.4. The fraction of sp³-hybridized carbons (Fsp3) is 0.915. The second-order valence-electron chi connectivity index (χ2n) is 29.5. The summed E-state index contributed by atoms with van der Waals surface area (Å²) in [6.07, 6.45) is 99.2. The highest BCUT2D eigenvalue weighted by Gasteiger charge is 2.28. The number of likely N-dealkylation sites (N-methyl/N-ethyl adjacent to an activating group) is 1. The largest absolute Gasteiger partial charge is 0.472 e. The Balaban J connectivity index is 3.89. The number of amides is 1. The van der Waals surface area contributed by atoms with Crippen LogP contribution in [0.2, 0.25) is 0 Å². The van der Waals surface area contributed by atoms with E-state index in [0.717, 1.165) is 38.5 Å². The molecule has 0 aliphatic rings. The maximum absolute atomic E-state index is 13.1. The summed E-state index contributed by atoms with van der Waals surface area (Å²) in [6.45, 7) is 4.88. The van der Waals surface area contributed by atoms with Crippen molar-refractivity contribution in [2.75, 3.05) is 40.9 Å². The predicted octanol–water partition coefficient (Wildman–Crippen LogP) is 26.7. The molecule has 0 spiro atoms. The van der Waals surface area contributed by atoms with E-state index in [2.05, 4.69) is 43.5 Å². The molecule has 3 atom stereocenters. The van der Waals surface area contributed by atoms with Crippen LogP contribution in [0.3, 0.4) is 0 Å². The van der Waals surface area contributed by atoms with Crippen molar-refractivity contribution in [2.24, 2.45) is 0 Å². The number of unbranched alkanes of at least 4 members (excludes halogenated alkanes) is 60. The Morgan fingerprint density at radius 2 is 0.626 bits per heavy atom. The van der Waals surface area contributed by atoms with Gasteiger partial charge in [0.25, 0.3) is 0 Å². The number of phosphoric ester groups is 1. The third-order valence-corrected chi connectivity index (χ3v) is 20.1. The number of allylic oxidation sites excluding steroid dienone is 5. The molecule has 8 nitrogen and oxygen atoms in total. The molecule has 0 aromatic rings. The second kappa shape index (κ2) is 73.0. The molecule has 3 unspecified atom stereocenters. The van der Waals surface area contributed by atoms with E-state index >= 15 is 0 Å². The van der Waals surface area contributed by atoms with Crippen LogP contribution in [0.4, 0.5) is 0 Å². The maximum atomic E-state index is 13.1. The molecular weight excluding hydrogens is 1140 g/mol. The first kappa shape index (κ1) is 89.7. The molecule has 0 bridgehead atoms. The Hall–Kier alpha value is -1.28.